The van der Waals surface area contributed by atoms with Crippen molar-refractivity contribution in [2.24, 2.45) is 5.41 Å². The third-order valence-electron chi connectivity index (χ3n) is 2.57. The van der Waals surface area contributed by atoms with Gasteiger partial charge in [0, 0.05) is 5.54 Å². The topological polar surface area (TPSA) is 30.9 Å². The summed E-state index contributed by atoms with van der Waals surface area (Å²) in [5, 5.41) is 2.02. The standard InChI is InChI=1S/C14H32NO3P/c1-10-17-19(18-11-2)12(13(3,4)5)15(16-9)14(6,7)8/h12H,10-11H2,1-9H3. The summed E-state index contributed by atoms with van der Waals surface area (Å²) in [5.74, 6) is 0.0763. The van der Waals surface area contributed by atoms with Gasteiger partial charge in [-0.15, -0.1) is 0 Å². The molecule has 0 amide bonds. The van der Waals surface area contributed by atoms with E-state index in [0.717, 1.165) is 0 Å². The van der Waals surface area contributed by atoms with E-state index >= 15 is 0 Å². The quantitative estimate of drug-likeness (QED) is 0.514. The molecule has 0 aromatic heterocycles. The Morgan fingerprint density at radius 1 is 0.947 bits per heavy atom. The van der Waals surface area contributed by atoms with E-state index in [1.54, 1.807) is 7.11 Å². The van der Waals surface area contributed by atoms with E-state index < -0.39 is 8.38 Å². The van der Waals surface area contributed by atoms with Crippen molar-refractivity contribution in [2.75, 3.05) is 20.3 Å². The average molecular weight is 293 g/mol. The summed E-state index contributed by atoms with van der Waals surface area (Å²) < 4.78 is 11.7. The summed E-state index contributed by atoms with van der Waals surface area (Å²) >= 11 is 0. The summed E-state index contributed by atoms with van der Waals surface area (Å²) in [6.07, 6.45) is 0. The minimum Gasteiger partial charge on any atom is -0.333 e. The van der Waals surface area contributed by atoms with Crippen molar-refractivity contribution in [3.63, 3.8) is 0 Å². The van der Waals surface area contributed by atoms with Gasteiger partial charge in [0.05, 0.1) is 20.3 Å². The Morgan fingerprint density at radius 2 is 1.37 bits per heavy atom. The van der Waals surface area contributed by atoms with Gasteiger partial charge in [0.25, 0.3) is 0 Å². The molecule has 0 heterocycles. The molecule has 1 atom stereocenters. The smallest absolute Gasteiger partial charge is 0.192 e. The van der Waals surface area contributed by atoms with Gasteiger partial charge in [0.1, 0.15) is 5.78 Å². The maximum atomic E-state index is 5.87. The Kier molecular flexibility index (Phi) is 8.01. The van der Waals surface area contributed by atoms with Crippen LogP contribution in [0.5, 0.6) is 0 Å². The van der Waals surface area contributed by atoms with Gasteiger partial charge in [-0.2, -0.15) is 5.06 Å². The molecule has 0 rings (SSSR count). The van der Waals surface area contributed by atoms with Crippen molar-refractivity contribution >= 4 is 8.38 Å². The molecule has 0 saturated heterocycles. The van der Waals surface area contributed by atoms with Gasteiger partial charge in [-0.3, -0.25) is 0 Å². The average Bonchev–Trinajstić information content (AvgIpc) is 2.22. The Hall–Kier alpha value is 0.270. The van der Waals surface area contributed by atoms with Gasteiger partial charge in [0.15, 0.2) is 8.38 Å². The van der Waals surface area contributed by atoms with Gasteiger partial charge in [-0.1, -0.05) is 20.8 Å². The van der Waals surface area contributed by atoms with Crippen LogP contribution in [-0.2, 0) is 13.9 Å². The molecule has 0 bridgehead atoms. The van der Waals surface area contributed by atoms with Crippen LogP contribution in [0.1, 0.15) is 55.4 Å². The first-order valence-corrected chi connectivity index (χ1v) is 8.22. The minimum absolute atomic E-state index is 0.000661. The molecule has 0 aliphatic carbocycles. The molecule has 1 unspecified atom stereocenters. The van der Waals surface area contributed by atoms with Crippen LogP contribution < -0.4 is 0 Å². The van der Waals surface area contributed by atoms with Gasteiger partial charge in [0.2, 0.25) is 0 Å². The summed E-state index contributed by atoms with van der Waals surface area (Å²) in [6.45, 7) is 18.3. The first-order chi connectivity index (χ1) is 8.59. The Balaban J connectivity index is 5.39. The second-order valence-corrected chi connectivity index (χ2v) is 8.12. The molecule has 0 aromatic carbocycles. The van der Waals surface area contributed by atoms with Crippen LogP contribution in [0.4, 0.5) is 0 Å². The summed E-state index contributed by atoms with van der Waals surface area (Å²) in [4.78, 5) is 5.67. The van der Waals surface area contributed by atoms with Crippen molar-refractivity contribution in [3.8, 4) is 0 Å². The highest BCUT2D eigenvalue weighted by molar-refractivity contribution is 7.48. The molecule has 0 N–H and O–H groups in total. The highest BCUT2D eigenvalue weighted by Gasteiger charge is 2.44. The van der Waals surface area contributed by atoms with Crippen molar-refractivity contribution in [1.29, 1.82) is 0 Å². The molecule has 0 saturated carbocycles. The van der Waals surface area contributed by atoms with Crippen LogP contribution >= 0.6 is 8.38 Å². The third kappa shape index (κ3) is 6.05. The van der Waals surface area contributed by atoms with Gasteiger partial charge >= 0.3 is 0 Å². The van der Waals surface area contributed by atoms with Crippen LogP contribution in [0.3, 0.4) is 0 Å². The van der Waals surface area contributed by atoms with E-state index in [1.807, 2.05) is 18.9 Å². The lowest BCUT2D eigenvalue weighted by atomic mass is 9.94. The zero-order valence-corrected chi connectivity index (χ0v) is 15.0. The van der Waals surface area contributed by atoms with Gasteiger partial charge in [-0.05, 0) is 40.0 Å². The molecule has 0 aromatic rings. The lowest BCUT2D eigenvalue weighted by molar-refractivity contribution is -0.215. The van der Waals surface area contributed by atoms with Crippen molar-refractivity contribution in [2.45, 2.75) is 66.7 Å². The highest BCUT2D eigenvalue weighted by Crippen LogP contribution is 2.53. The number of hydrogen-bond donors (Lipinski definition) is 0. The lowest BCUT2D eigenvalue weighted by Crippen LogP contribution is -2.52. The van der Waals surface area contributed by atoms with Crippen LogP contribution in [-0.4, -0.2) is 36.7 Å². The zero-order chi connectivity index (χ0) is 15.3. The van der Waals surface area contributed by atoms with E-state index in [2.05, 4.69) is 41.5 Å². The zero-order valence-electron chi connectivity index (χ0n) is 14.1. The summed E-state index contributed by atoms with van der Waals surface area (Å²) in [5.41, 5.74) is -0.110. The second kappa shape index (κ2) is 7.90. The van der Waals surface area contributed by atoms with Crippen LogP contribution in [0, 0.1) is 5.41 Å². The monoisotopic (exact) mass is 293 g/mol. The van der Waals surface area contributed by atoms with Crippen molar-refractivity contribution in [3.05, 3.63) is 0 Å². The largest absolute Gasteiger partial charge is 0.333 e. The predicted molar refractivity (Wildman–Crippen MR) is 82.0 cm³/mol. The Morgan fingerprint density at radius 3 is 1.58 bits per heavy atom. The fraction of sp³-hybridized carbons (Fsp3) is 1.00. The molecule has 0 spiro atoms. The fourth-order valence-corrected chi connectivity index (χ4v) is 4.04. The third-order valence-corrected chi connectivity index (χ3v) is 4.98. The van der Waals surface area contributed by atoms with Crippen LogP contribution in [0.2, 0.25) is 0 Å². The van der Waals surface area contributed by atoms with E-state index in [0.29, 0.717) is 13.2 Å². The number of nitrogens with zero attached hydrogens (tertiary/aromatic N) is 1. The molecular weight excluding hydrogens is 261 g/mol. The van der Waals surface area contributed by atoms with Gasteiger partial charge in [-0.25, -0.2) is 0 Å². The molecule has 0 aliphatic rings. The lowest BCUT2D eigenvalue weighted by Gasteiger charge is -2.47. The molecule has 0 fully saturated rings. The first-order valence-electron chi connectivity index (χ1n) is 6.98. The summed E-state index contributed by atoms with van der Waals surface area (Å²) in [6, 6.07) is 0. The highest BCUT2D eigenvalue weighted by atomic mass is 31.2. The Labute approximate surface area is 120 Å². The van der Waals surface area contributed by atoms with Crippen LogP contribution in [0.25, 0.3) is 0 Å². The molecule has 5 heteroatoms. The van der Waals surface area contributed by atoms with E-state index in [-0.39, 0.29) is 16.7 Å². The molecule has 19 heavy (non-hydrogen) atoms. The SMILES string of the molecule is CCOP(OCC)C(N(OC)C(C)(C)C)C(C)(C)C. The summed E-state index contributed by atoms with van der Waals surface area (Å²) in [7, 11) is 0.697. The molecule has 0 radical (unpaired) electrons. The molecule has 116 valence electrons. The molecular formula is C14H32NO3P. The van der Waals surface area contributed by atoms with E-state index in [9.17, 15) is 0 Å². The fourth-order valence-electron chi connectivity index (χ4n) is 1.93. The van der Waals surface area contributed by atoms with E-state index in [1.165, 1.54) is 0 Å². The first kappa shape index (κ1) is 19.3. The minimum atomic E-state index is -1.02. The molecule has 0 aliphatic heterocycles. The van der Waals surface area contributed by atoms with Gasteiger partial charge < -0.3 is 13.9 Å². The Bertz CT molecular complexity index is 242. The normalized spacial score (nSPS) is 15.3. The maximum absolute atomic E-state index is 5.87. The number of hydrogen-bond acceptors (Lipinski definition) is 4. The maximum Gasteiger partial charge on any atom is 0.192 e. The predicted octanol–water partition coefficient (Wildman–Crippen LogP) is 4.41. The second-order valence-electron chi connectivity index (χ2n) is 6.54. The van der Waals surface area contributed by atoms with Crippen molar-refractivity contribution in [1.82, 2.24) is 5.06 Å². The van der Waals surface area contributed by atoms with Crippen molar-refractivity contribution < 1.29 is 13.9 Å². The van der Waals surface area contributed by atoms with Crippen LogP contribution in [0.15, 0.2) is 0 Å². The molecule has 4 nitrogen and oxygen atoms in total. The number of rotatable bonds is 7. The number of hydroxylamine groups is 2. The van der Waals surface area contributed by atoms with E-state index in [4.69, 9.17) is 13.9 Å².